The van der Waals surface area contributed by atoms with Gasteiger partial charge in [-0.25, -0.2) is 14.8 Å². The van der Waals surface area contributed by atoms with Crippen molar-refractivity contribution in [2.24, 2.45) is 5.16 Å². The number of nitrogen functional groups attached to an aromatic ring is 1. The molecule has 2 aliphatic heterocycles. The molecule has 4 N–H and O–H groups in total. The summed E-state index contributed by atoms with van der Waals surface area (Å²) in [5, 5.41) is 18.3. The van der Waals surface area contributed by atoms with Crippen LogP contribution < -0.4 is 11.1 Å². The van der Waals surface area contributed by atoms with Crippen LogP contribution in [0.1, 0.15) is 5.69 Å². The smallest absolute Gasteiger partial charge is 0.352 e. The number of β-lactam (4-membered cyclic amide) rings is 1. The van der Waals surface area contributed by atoms with Crippen molar-refractivity contribution < 1.29 is 24.3 Å². The van der Waals surface area contributed by atoms with E-state index in [1.165, 1.54) is 35.5 Å². The van der Waals surface area contributed by atoms with E-state index in [9.17, 15) is 19.5 Å². The van der Waals surface area contributed by atoms with Crippen molar-refractivity contribution in [2.75, 3.05) is 24.3 Å². The molecule has 2 aliphatic rings. The fourth-order valence-electron chi connectivity index (χ4n) is 3.79. The van der Waals surface area contributed by atoms with Crippen LogP contribution in [-0.2, 0) is 19.2 Å². The van der Waals surface area contributed by atoms with Crippen LogP contribution in [0.25, 0.3) is 5.65 Å². The first-order valence-electron chi connectivity index (χ1n) is 10.3. The Kier molecular flexibility index (Phi) is 6.55. The van der Waals surface area contributed by atoms with Crippen molar-refractivity contribution in [2.45, 2.75) is 16.4 Å². The summed E-state index contributed by atoms with van der Waals surface area (Å²) < 4.78 is 1.85. The van der Waals surface area contributed by atoms with Gasteiger partial charge < -0.3 is 21.0 Å². The van der Waals surface area contributed by atoms with Crippen molar-refractivity contribution >= 4 is 69.1 Å². The van der Waals surface area contributed by atoms with Crippen molar-refractivity contribution in [3.8, 4) is 0 Å². The Labute approximate surface area is 215 Å². The maximum absolute atomic E-state index is 13.0. The number of amides is 2. The maximum atomic E-state index is 13.0. The molecule has 16 heteroatoms. The van der Waals surface area contributed by atoms with Crippen molar-refractivity contribution in [1.29, 1.82) is 0 Å². The second-order valence-electron chi connectivity index (χ2n) is 7.50. The number of thiazole rings is 1. The minimum atomic E-state index is -1.20. The summed E-state index contributed by atoms with van der Waals surface area (Å²) in [7, 11) is 1.28. The highest BCUT2D eigenvalue weighted by atomic mass is 32.2. The van der Waals surface area contributed by atoms with E-state index in [2.05, 4.69) is 25.4 Å². The van der Waals surface area contributed by atoms with Gasteiger partial charge in [0.05, 0.1) is 17.4 Å². The van der Waals surface area contributed by atoms with Gasteiger partial charge >= 0.3 is 5.97 Å². The molecular weight excluding hydrogens is 528 g/mol. The lowest BCUT2D eigenvalue weighted by atomic mass is 10.0. The molecule has 0 spiro atoms. The molecule has 36 heavy (non-hydrogen) atoms. The van der Waals surface area contributed by atoms with Crippen molar-refractivity contribution in [3.05, 3.63) is 47.1 Å². The van der Waals surface area contributed by atoms with Gasteiger partial charge in [0, 0.05) is 29.3 Å². The topological polar surface area (TPSA) is 177 Å². The van der Waals surface area contributed by atoms with E-state index in [1.807, 2.05) is 4.40 Å². The molecular formula is C20H18N8O5S3. The molecule has 3 aromatic heterocycles. The molecule has 1 saturated heterocycles. The SMILES string of the molecule is CO/N=C(\C(=O)N[C@@H]1C(=O)N2C(C(=O)O)=C(CSc3cncc4nccn34)CS[C@H]12)c1csc(N)n1. The first-order chi connectivity index (χ1) is 17.4. The summed E-state index contributed by atoms with van der Waals surface area (Å²) in [6.07, 6.45) is 6.76. The van der Waals surface area contributed by atoms with Gasteiger partial charge in [0.2, 0.25) is 0 Å². The van der Waals surface area contributed by atoms with Gasteiger partial charge in [0.25, 0.3) is 11.8 Å². The molecule has 0 radical (unpaired) electrons. The molecule has 0 unspecified atom stereocenters. The van der Waals surface area contributed by atoms with E-state index in [0.717, 1.165) is 16.4 Å². The average molecular weight is 547 g/mol. The van der Waals surface area contributed by atoms with Crippen LogP contribution >= 0.6 is 34.9 Å². The highest BCUT2D eigenvalue weighted by Crippen LogP contribution is 2.41. The number of carboxylic acids is 1. The molecule has 3 aromatic rings. The molecule has 1 fully saturated rings. The number of carbonyl (C=O) groups is 3. The highest BCUT2D eigenvalue weighted by Gasteiger charge is 2.54. The van der Waals surface area contributed by atoms with Gasteiger partial charge in [-0.1, -0.05) is 5.16 Å². The lowest BCUT2D eigenvalue weighted by Crippen LogP contribution is -2.71. The Hall–Kier alpha value is -3.63. The van der Waals surface area contributed by atoms with E-state index in [-0.39, 0.29) is 22.2 Å². The van der Waals surface area contributed by atoms with Crippen LogP contribution in [0.4, 0.5) is 5.13 Å². The molecule has 0 saturated carbocycles. The summed E-state index contributed by atoms with van der Waals surface area (Å²) in [5.74, 6) is -1.67. The lowest BCUT2D eigenvalue weighted by molar-refractivity contribution is -0.150. The van der Waals surface area contributed by atoms with Crippen molar-refractivity contribution in [1.82, 2.24) is 29.6 Å². The number of aliphatic carboxylic acids is 1. The fraction of sp³-hybridized carbons (Fsp3) is 0.250. The molecule has 5 rings (SSSR count). The zero-order valence-corrected chi connectivity index (χ0v) is 21.0. The van der Waals surface area contributed by atoms with E-state index in [4.69, 9.17) is 10.6 Å². The lowest BCUT2D eigenvalue weighted by Gasteiger charge is -2.49. The Morgan fingerprint density at radius 2 is 2.25 bits per heavy atom. The second-order valence-corrected chi connectivity index (χ2v) is 10.5. The first-order valence-corrected chi connectivity index (χ1v) is 13.2. The van der Waals surface area contributed by atoms with Crippen LogP contribution in [-0.4, -0.2) is 82.9 Å². The monoisotopic (exact) mass is 546 g/mol. The van der Waals surface area contributed by atoms with Crippen LogP contribution in [0.2, 0.25) is 0 Å². The number of hydrogen-bond donors (Lipinski definition) is 3. The molecule has 0 aromatic carbocycles. The van der Waals surface area contributed by atoms with Gasteiger partial charge in [-0.2, -0.15) is 0 Å². The Morgan fingerprint density at radius 3 is 2.97 bits per heavy atom. The Balaban J connectivity index is 1.32. The minimum Gasteiger partial charge on any atom is -0.477 e. The number of imidazole rings is 1. The number of nitrogens with two attached hydrogens (primary N) is 1. The fourth-order valence-corrected chi connectivity index (χ4v) is 6.80. The van der Waals surface area contributed by atoms with Crippen LogP contribution in [0.3, 0.4) is 0 Å². The van der Waals surface area contributed by atoms with Gasteiger partial charge in [-0.15, -0.1) is 34.9 Å². The normalized spacial score (nSPS) is 19.8. The molecule has 2 amide bonds. The average Bonchev–Trinajstić information content (AvgIpc) is 3.52. The maximum Gasteiger partial charge on any atom is 0.352 e. The van der Waals surface area contributed by atoms with E-state index >= 15 is 0 Å². The summed E-state index contributed by atoms with van der Waals surface area (Å²) in [6.45, 7) is 0. The third-order valence-corrected chi connectivity index (χ3v) is 8.48. The number of rotatable bonds is 8. The Bertz CT molecular complexity index is 1430. The molecule has 0 aliphatic carbocycles. The first kappa shape index (κ1) is 24.1. The number of nitrogens with zero attached hydrogens (tertiary/aromatic N) is 6. The van der Waals surface area contributed by atoms with Crippen LogP contribution in [0.15, 0.2) is 51.6 Å². The van der Waals surface area contributed by atoms with E-state index < -0.39 is 29.2 Å². The van der Waals surface area contributed by atoms with E-state index in [0.29, 0.717) is 22.7 Å². The number of carbonyl (C=O) groups excluding carboxylic acids is 2. The predicted molar refractivity (Wildman–Crippen MR) is 133 cm³/mol. The number of hydrogen-bond acceptors (Lipinski definition) is 12. The third-order valence-electron chi connectivity index (χ3n) is 5.37. The van der Waals surface area contributed by atoms with E-state index in [1.54, 1.807) is 30.2 Å². The van der Waals surface area contributed by atoms with Gasteiger partial charge in [0.1, 0.15) is 29.9 Å². The largest absolute Gasteiger partial charge is 0.477 e. The van der Waals surface area contributed by atoms with Crippen molar-refractivity contribution in [3.63, 3.8) is 0 Å². The van der Waals surface area contributed by atoms with Gasteiger partial charge in [-0.05, 0) is 5.57 Å². The summed E-state index contributed by atoms with van der Waals surface area (Å²) >= 11 is 3.91. The Morgan fingerprint density at radius 1 is 1.42 bits per heavy atom. The summed E-state index contributed by atoms with van der Waals surface area (Å²) in [4.78, 5) is 56.4. The zero-order chi connectivity index (χ0) is 25.4. The number of thioether (sulfide) groups is 2. The highest BCUT2D eigenvalue weighted by molar-refractivity contribution is 8.01. The summed E-state index contributed by atoms with van der Waals surface area (Å²) in [5.41, 5.74) is 6.94. The molecule has 186 valence electrons. The zero-order valence-electron chi connectivity index (χ0n) is 18.5. The number of fused-ring (bicyclic) bond motifs is 2. The van der Waals surface area contributed by atoms with Gasteiger partial charge in [-0.3, -0.25) is 23.9 Å². The second kappa shape index (κ2) is 9.79. The quantitative estimate of drug-likeness (QED) is 0.156. The number of aromatic nitrogens is 4. The molecule has 13 nitrogen and oxygen atoms in total. The van der Waals surface area contributed by atoms with Crippen LogP contribution in [0.5, 0.6) is 0 Å². The molecule has 0 bridgehead atoms. The summed E-state index contributed by atoms with van der Waals surface area (Å²) in [6, 6.07) is -0.923. The number of anilines is 1. The number of carboxylic acid groups (broad SMARTS) is 1. The number of oxime groups is 1. The molecule has 5 heterocycles. The predicted octanol–water partition coefficient (Wildman–Crippen LogP) is 0.649. The number of nitrogens with one attached hydrogen (secondary N) is 1. The van der Waals surface area contributed by atoms with Crippen LogP contribution in [0, 0.1) is 0 Å². The third kappa shape index (κ3) is 4.27. The minimum absolute atomic E-state index is 0.0643. The van der Waals surface area contributed by atoms with Gasteiger partial charge in [0.15, 0.2) is 16.5 Å². The molecule has 2 atom stereocenters. The standard InChI is InChI=1S/C20H18N8O5S3/c1-33-26-13(10-8-36-20(21)24-10)16(29)25-14-17(30)28-15(19(31)32)9(7-35-18(14)28)6-34-12-5-22-4-11-23-2-3-27(11)12/h2-5,8,14,18H,6-7H2,1H3,(H2,21,24)(H,25,29)(H,31,32)/b26-13-/t14-,18-/m1/s1.